The molecule has 3 rings (SSSR count). The molecule has 2 aliphatic rings. The molecule has 1 aliphatic carbocycles. The van der Waals surface area contributed by atoms with Crippen LogP contribution in [-0.4, -0.2) is 49.1 Å². The topological polar surface area (TPSA) is 73.5 Å². The quantitative estimate of drug-likeness (QED) is 0.716. The fourth-order valence-electron chi connectivity index (χ4n) is 2.81. The summed E-state index contributed by atoms with van der Waals surface area (Å²) in [7, 11) is 0. The van der Waals surface area contributed by atoms with Crippen molar-refractivity contribution in [1.82, 2.24) is 15.5 Å². The second kappa shape index (κ2) is 9.01. The van der Waals surface area contributed by atoms with Gasteiger partial charge in [-0.1, -0.05) is 0 Å². The Balaban J connectivity index is 0.00000225. The minimum Gasteiger partial charge on any atom is -0.339 e. The van der Waals surface area contributed by atoms with Gasteiger partial charge in [-0.25, -0.2) is 9.18 Å². The molecule has 138 valence electrons. The highest BCUT2D eigenvalue weighted by Crippen LogP contribution is 2.27. The van der Waals surface area contributed by atoms with E-state index in [0.717, 1.165) is 18.9 Å². The van der Waals surface area contributed by atoms with Gasteiger partial charge in [0.15, 0.2) is 0 Å². The van der Waals surface area contributed by atoms with Gasteiger partial charge in [-0.3, -0.25) is 4.79 Å². The molecule has 0 radical (unpaired) electrons. The number of halogens is 2. The van der Waals surface area contributed by atoms with Crippen molar-refractivity contribution in [3.63, 3.8) is 0 Å². The standard InChI is InChI=1S/C17H23FN4O2.ClH/c18-13-3-5-14(6-4-13)20-17(24)21-15-7-8-22(11-15)16(23)10-19-9-12-1-2-12;/h3-6,12,15,19H,1-2,7-11H2,(H2,20,21,24);1H. The van der Waals surface area contributed by atoms with Gasteiger partial charge in [0.2, 0.25) is 5.91 Å². The average Bonchev–Trinajstić information content (AvgIpc) is 3.26. The number of rotatable bonds is 6. The van der Waals surface area contributed by atoms with Crippen molar-refractivity contribution in [3.8, 4) is 0 Å². The number of carbonyl (C=O) groups excluding carboxylic acids is 2. The minimum atomic E-state index is -0.346. The van der Waals surface area contributed by atoms with E-state index in [0.29, 0.717) is 25.3 Å². The Bertz CT molecular complexity index is 595. The van der Waals surface area contributed by atoms with Gasteiger partial charge in [-0.15, -0.1) is 12.4 Å². The van der Waals surface area contributed by atoms with Gasteiger partial charge in [0, 0.05) is 24.8 Å². The summed E-state index contributed by atoms with van der Waals surface area (Å²) in [6.45, 7) is 2.47. The Kier molecular flexibility index (Phi) is 7.01. The number of nitrogens with zero attached hydrogens (tertiary/aromatic N) is 1. The van der Waals surface area contributed by atoms with E-state index in [4.69, 9.17) is 0 Å². The smallest absolute Gasteiger partial charge is 0.319 e. The van der Waals surface area contributed by atoms with Crippen LogP contribution >= 0.6 is 12.4 Å². The van der Waals surface area contributed by atoms with Crippen LogP contribution in [0.25, 0.3) is 0 Å². The van der Waals surface area contributed by atoms with E-state index in [2.05, 4.69) is 16.0 Å². The summed E-state index contributed by atoms with van der Waals surface area (Å²) in [6.07, 6.45) is 3.27. The number of urea groups is 1. The molecule has 1 aromatic rings. The van der Waals surface area contributed by atoms with E-state index in [1.54, 1.807) is 4.90 Å². The van der Waals surface area contributed by atoms with Crippen molar-refractivity contribution in [3.05, 3.63) is 30.1 Å². The first-order chi connectivity index (χ1) is 11.6. The third-order valence-electron chi connectivity index (χ3n) is 4.38. The van der Waals surface area contributed by atoms with Crippen LogP contribution in [0.4, 0.5) is 14.9 Å². The average molecular weight is 371 g/mol. The molecule has 1 saturated heterocycles. The summed E-state index contributed by atoms with van der Waals surface area (Å²) in [5, 5.41) is 8.71. The first-order valence-corrected chi connectivity index (χ1v) is 8.42. The normalized spacial score (nSPS) is 19.2. The summed E-state index contributed by atoms with van der Waals surface area (Å²) >= 11 is 0. The molecule has 25 heavy (non-hydrogen) atoms. The molecule has 1 aromatic carbocycles. The van der Waals surface area contributed by atoms with Crippen molar-refractivity contribution in [2.45, 2.75) is 25.3 Å². The van der Waals surface area contributed by atoms with Crippen LogP contribution in [0.3, 0.4) is 0 Å². The summed E-state index contributed by atoms with van der Waals surface area (Å²) in [4.78, 5) is 25.8. The summed E-state index contributed by atoms with van der Waals surface area (Å²) in [5.41, 5.74) is 0.532. The Morgan fingerprint density at radius 1 is 1.16 bits per heavy atom. The molecule has 3 N–H and O–H groups in total. The van der Waals surface area contributed by atoms with Crippen molar-refractivity contribution < 1.29 is 14.0 Å². The maximum atomic E-state index is 12.8. The number of amides is 3. The number of benzene rings is 1. The van der Waals surface area contributed by atoms with Crippen molar-refractivity contribution in [2.75, 3.05) is 31.5 Å². The number of hydrogen-bond donors (Lipinski definition) is 3. The fraction of sp³-hybridized carbons (Fsp3) is 0.529. The molecule has 0 aromatic heterocycles. The van der Waals surface area contributed by atoms with E-state index in [9.17, 15) is 14.0 Å². The van der Waals surface area contributed by atoms with Crippen molar-refractivity contribution >= 4 is 30.0 Å². The Labute approximate surface area is 152 Å². The third-order valence-corrected chi connectivity index (χ3v) is 4.38. The van der Waals surface area contributed by atoms with Crippen LogP contribution in [0.5, 0.6) is 0 Å². The lowest BCUT2D eigenvalue weighted by Crippen LogP contribution is -2.42. The predicted octanol–water partition coefficient (Wildman–Crippen LogP) is 1.97. The molecule has 1 atom stereocenters. The zero-order valence-electron chi connectivity index (χ0n) is 14.0. The van der Waals surface area contributed by atoms with Gasteiger partial charge in [0.25, 0.3) is 0 Å². The van der Waals surface area contributed by atoms with E-state index >= 15 is 0 Å². The van der Waals surface area contributed by atoms with Crippen LogP contribution in [0.2, 0.25) is 0 Å². The molecule has 1 saturated carbocycles. The van der Waals surface area contributed by atoms with Crippen molar-refractivity contribution in [1.29, 1.82) is 0 Å². The first-order valence-electron chi connectivity index (χ1n) is 8.42. The second-order valence-corrected chi connectivity index (χ2v) is 6.50. The Morgan fingerprint density at radius 3 is 2.56 bits per heavy atom. The number of hydrogen-bond acceptors (Lipinski definition) is 3. The summed E-state index contributed by atoms with van der Waals surface area (Å²) < 4.78 is 12.8. The molecule has 6 nitrogen and oxygen atoms in total. The van der Waals surface area contributed by atoms with Crippen LogP contribution in [0.15, 0.2) is 24.3 Å². The lowest BCUT2D eigenvalue weighted by Gasteiger charge is -2.17. The number of carbonyl (C=O) groups is 2. The Hall–Kier alpha value is -1.86. The molecule has 2 fully saturated rings. The lowest BCUT2D eigenvalue weighted by atomic mass is 10.3. The van der Waals surface area contributed by atoms with E-state index < -0.39 is 0 Å². The summed E-state index contributed by atoms with van der Waals surface area (Å²) in [6, 6.07) is 5.20. The second-order valence-electron chi connectivity index (χ2n) is 6.50. The molecule has 3 amide bonds. The summed E-state index contributed by atoms with van der Waals surface area (Å²) in [5.74, 6) is 0.487. The Morgan fingerprint density at radius 2 is 1.88 bits per heavy atom. The van der Waals surface area contributed by atoms with Gasteiger partial charge in [0.05, 0.1) is 6.54 Å². The van der Waals surface area contributed by atoms with E-state index in [1.165, 1.54) is 37.1 Å². The third kappa shape index (κ3) is 6.17. The molecule has 8 heteroatoms. The maximum absolute atomic E-state index is 12.8. The van der Waals surface area contributed by atoms with Gasteiger partial charge >= 0.3 is 6.03 Å². The maximum Gasteiger partial charge on any atom is 0.319 e. The molecule has 1 unspecified atom stereocenters. The monoisotopic (exact) mass is 370 g/mol. The largest absolute Gasteiger partial charge is 0.339 e. The number of anilines is 1. The minimum absolute atomic E-state index is 0. The highest BCUT2D eigenvalue weighted by Gasteiger charge is 2.27. The molecule has 0 spiro atoms. The first kappa shape index (κ1) is 19.5. The van der Waals surface area contributed by atoms with Crippen LogP contribution in [-0.2, 0) is 4.79 Å². The predicted molar refractivity (Wildman–Crippen MR) is 96.4 cm³/mol. The number of likely N-dealkylation sites (tertiary alicyclic amines) is 1. The molecular weight excluding hydrogens is 347 g/mol. The van der Waals surface area contributed by atoms with Crippen LogP contribution < -0.4 is 16.0 Å². The molecule has 1 aliphatic heterocycles. The van der Waals surface area contributed by atoms with Gasteiger partial charge in [-0.05, 0) is 56.0 Å². The lowest BCUT2D eigenvalue weighted by molar-refractivity contribution is -0.129. The highest BCUT2D eigenvalue weighted by molar-refractivity contribution is 5.89. The van der Waals surface area contributed by atoms with Gasteiger partial charge in [0.1, 0.15) is 5.82 Å². The molecule has 1 heterocycles. The zero-order valence-corrected chi connectivity index (χ0v) is 14.8. The zero-order chi connectivity index (χ0) is 16.9. The van der Waals surface area contributed by atoms with Crippen LogP contribution in [0.1, 0.15) is 19.3 Å². The highest BCUT2D eigenvalue weighted by atomic mass is 35.5. The SMILES string of the molecule is Cl.O=C(Nc1ccc(F)cc1)NC1CCN(C(=O)CNCC2CC2)C1. The fourth-order valence-corrected chi connectivity index (χ4v) is 2.81. The van der Waals surface area contributed by atoms with E-state index in [1.807, 2.05) is 0 Å². The number of nitrogens with one attached hydrogen (secondary N) is 3. The van der Waals surface area contributed by atoms with Gasteiger partial charge < -0.3 is 20.9 Å². The van der Waals surface area contributed by atoms with Crippen LogP contribution in [0, 0.1) is 11.7 Å². The molecule has 0 bridgehead atoms. The van der Waals surface area contributed by atoms with Gasteiger partial charge in [-0.2, -0.15) is 0 Å². The van der Waals surface area contributed by atoms with Crippen molar-refractivity contribution in [2.24, 2.45) is 5.92 Å². The molecular formula is C17H24ClFN4O2. The van der Waals surface area contributed by atoms with E-state index in [-0.39, 0.29) is 36.2 Å².